The van der Waals surface area contributed by atoms with Crippen molar-refractivity contribution in [1.82, 2.24) is 15.0 Å². The van der Waals surface area contributed by atoms with Gasteiger partial charge in [0.25, 0.3) is 0 Å². The Kier molecular flexibility index (Phi) is 4.32. The maximum Gasteiger partial charge on any atom is 0.178 e. The predicted molar refractivity (Wildman–Crippen MR) is 104 cm³/mol. The summed E-state index contributed by atoms with van der Waals surface area (Å²) in [5, 5.41) is 1.02. The molecule has 0 aliphatic rings. The van der Waals surface area contributed by atoms with Crippen LogP contribution in [0.4, 0.5) is 0 Å². The summed E-state index contributed by atoms with van der Waals surface area (Å²) >= 11 is 0. The standard InChI is InChI=1S/C22H19N3O/c1-3-26-21-12-11-15(2)13-17(21)19-9-6-10-20(24-19)22-23-14-16-7-4-5-8-18(16)25-22/h4-14H,3H2,1-2H3. The number of hydrogen-bond donors (Lipinski definition) is 0. The number of aromatic nitrogens is 3. The van der Waals surface area contributed by atoms with E-state index in [1.807, 2.05) is 67.7 Å². The molecule has 0 fully saturated rings. The fourth-order valence-electron chi connectivity index (χ4n) is 2.93. The van der Waals surface area contributed by atoms with Crippen LogP contribution in [-0.4, -0.2) is 21.6 Å². The largest absolute Gasteiger partial charge is 0.493 e. The van der Waals surface area contributed by atoms with Gasteiger partial charge >= 0.3 is 0 Å². The monoisotopic (exact) mass is 341 g/mol. The quantitative estimate of drug-likeness (QED) is 0.520. The number of rotatable bonds is 4. The van der Waals surface area contributed by atoms with Crippen LogP contribution in [0.15, 0.2) is 66.9 Å². The molecule has 0 atom stereocenters. The molecule has 0 aliphatic carbocycles. The van der Waals surface area contributed by atoms with Crippen molar-refractivity contribution in [2.75, 3.05) is 6.61 Å². The fourth-order valence-corrected chi connectivity index (χ4v) is 2.93. The average Bonchev–Trinajstić information content (AvgIpc) is 2.69. The number of pyridine rings is 1. The average molecular weight is 341 g/mol. The van der Waals surface area contributed by atoms with E-state index >= 15 is 0 Å². The molecule has 4 rings (SSSR count). The molecule has 26 heavy (non-hydrogen) atoms. The summed E-state index contributed by atoms with van der Waals surface area (Å²) < 4.78 is 5.78. The summed E-state index contributed by atoms with van der Waals surface area (Å²) in [5.74, 6) is 1.46. The lowest BCUT2D eigenvalue weighted by molar-refractivity contribution is 0.341. The van der Waals surface area contributed by atoms with E-state index in [1.165, 1.54) is 0 Å². The van der Waals surface area contributed by atoms with Gasteiger partial charge in [-0.15, -0.1) is 0 Å². The number of ether oxygens (including phenoxy) is 1. The molecule has 2 heterocycles. The van der Waals surface area contributed by atoms with Crippen molar-refractivity contribution < 1.29 is 4.74 Å². The topological polar surface area (TPSA) is 47.9 Å². The molecule has 0 N–H and O–H groups in total. The lowest BCUT2D eigenvalue weighted by Gasteiger charge is -2.11. The van der Waals surface area contributed by atoms with Crippen LogP contribution >= 0.6 is 0 Å². The Morgan fingerprint density at radius 2 is 1.73 bits per heavy atom. The summed E-state index contributed by atoms with van der Waals surface area (Å²) in [6, 6.07) is 20.0. The Morgan fingerprint density at radius 3 is 2.62 bits per heavy atom. The summed E-state index contributed by atoms with van der Waals surface area (Å²) in [5.41, 5.74) is 4.66. The second kappa shape index (κ2) is 6.92. The van der Waals surface area contributed by atoms with Crippen molar-refractivity contribution in [3.8, 4) is 28.5 Å². The van der Waals surface area contributed by atoms with Crippen molar-refractivity contribution in [2.24, 2.45) is 0 Å². The van der Waals surface area contributed by atoms with Gasteiger partial charge in [0.2, 0.25) is 0 Å². The third kappa shape index (κ3) is 3.14. The van der Waals surface area contributed by atoms with Crippen LogP contribution < -0.4 is 4.74 Å². The van der Waals surface area contributed by atoms with Crippen molar-refractivity contribution >= 4 is 10.9 Å². The zero-order chi connectivity index (χ0) is 17.9. The van der Waals surface area contributed by atoms with Crippen LogP contribution in [0.2, 0.25) is 0 Å². The van der Waals surface area contributed by atoms with E-state index in [9.17, 15) is 0 Å². The highest BCUT2D eigenvalue weighted by Crippen LogP contribution is 2.31. The summed E-state index contributed by atoms with van der Waals surface area (Å²) in [6.45, 7) is 4.66. The Bertz CT molecular complexity index is 1080. The zero-order valence-corrected chi connectivity index (χ0v) is 14.8. The molecule has 0 amide bonds. The van der Waals surface area contributed by atoms with Crippen LogP contribution in [0, 0.1) is 6.92 Å². The van der Waals surface area contributed by atoms with Gasteiger partial charge in [-0.05, 0) is 44.2 Å². The maximum absolute atomic E-state index is 5.78. The highest BCUT2D eigenvalue weighted by atomic mass is 16.5. The molecule has 0 spiro atoms. The Hall–Kier alpha value is -3.27. The van der Waals surface area contributed by atoms with Gasteiger partial charge in [-0.3, -0.25) is 0 Å². The summed E-state index contributed by atoms with van der Waals surface area (Å²) in [6.07, 6.45) is 1.84. The van der Waals surface area contributed by atoms with E-state index in [2.05, 4.69) is 23.0 Å². The number of benzene rings is 2. The lowest BCUT2D eigenvalue weighted by Crippen LogP contribution is -1.97. The molecule has 128 valence electrons. The molecule has 0 saturated heterocycles. The fraction of sp³-hybridized carbons (Fsp3) is 0.136. The Morgan fingerprint density at radius 1 is 0.885 bits per heavy atom. The van der Waals surface area contributed by atoms with E-state index < -0.39 is 0 Å². The molecule has 0 aliphatic heterocycles. The number of para-hydroxylation sites is 1. The Labute approximate surface area is 152 Å². The van der Waals surface area contributed by atoms with Crippen molar-refractivity contribution in [3.63, 3.8) is 0 Å². The molecule has 4 nitrogen and oxygen atoms in total. The molecule has 0 bridgehead atoms. The van der Waals surface area contributed by atoms with Crippen molar-refractivity contribution in [3.05, 3.63) is 72.4 Å². The normalized spacial score (nSPS) is 10.8. The first-order chi connectivity index (χ1) is 12.7. The van der Waals surface area contributed by atoms with Crippen LogP contribution in [0.1, 0.15) is 12.5 Å². The van der Waals surface area contributed by atoms with Gasteiger partial charge in [0.1, 0.15) is 11.4 Å². The second-order valence-electron chi connectivity index (χ2n) is 6.09. The molecule has 0 radical (unpaired) electrons. The molecular formula is C22H19N3O. The summed E-state index contributed by atoms with van der Waals surface area (Å²) in [4.78, 5) is 13.9. The van der Waals surface area contributed by atoms with Gasteiger partial charge in [0, 0.05) is 17.1 Å². The molecule has 2 aromatic heterocycles. The molecule has 4 aromatic rings. The first-order valence-electron chi connectivity index (χ1n) is 8.67. The number of aryl methyl sites for hydroxylation is 1. The van der Waals surface area contributed by atoms with Crippen LogP contribution in [-0.2, 0) is 0 Å². The highest BCUT2D eigenvalue weighted by Gasteiger charge is 2.11. The van der Waals surface area contributed by atoms with Gasteiger partial charge in [-0.2, -0.15) is 0 Å². The highest BCUT2D eigenvalue weighted by molar-refractivity contribution is 5.79. The third-order valence-corrected chi connectivity index (χ3v) is 4.18. The van der Waals surface area contributed by atoms with E-state index in [-0.39, 0.29) is 0 Å². The minimum atomic E-state index is 0.615. The van der Waals surface area contributed by atoms with Gasteiger partial charge < -0.3 is 4.74 Å². The first-order valence-corrected chi connectivity index (χ1v) is 8.67. The van der Waals surface area contributed by atoms with Crippen molar-refractivity contribution in [1.29, 1.82) is 0 Å². The lowest BCUT2D eigenvalue weighted by atomic mass is 10.1. The predicted octanol–water partition coefficient (Wildman–Crippen LogP) is 5.07. The zero-order valence-electron chi connectivity index (χ0n) is 14.8. The Balaban J connectivity index is 1.80. The molecule has 0 unspecified atom stereocenters. The number of nitrogens with zero attached hydrogens (tertiary/aromatic N) is 3. The van der Waals surface area contributed by atoms with Gasteiger partial charge in [0.05, 0.1) is 17.8 Å². The molecule has 0 saturated carbocycles. The summed E-state index contributed by atoms with van der Waals surface area (Å²) in [7, 11) is 0. The van der Waals surface area contributed by atoms with Gasteiger partial charge in [-0.1, -0.05) is 35.9 Å². The minimum absolute atomic E-state index is 0.615. The van der Waals surface area contributed by atoms with Gasteiger partial charge in [-0.25, -0.2) is 15.0 Å². The van der Waals surface area contributed by atoms with E-state index in [0.29, 0.717) is 12.4 Å². The molecule has 2 aromatic carbocycles. The maximum atomic E-state index is 5.78. The SMILES string of the molecule is CCOc1ccc(C)cc1-c1cccc(-c2ncc3ccccc3n2)n1. The van der Waals surface area contributed by atoms with Gasteiger partial charge in [0.15, 0.2) is 5.82 Å². The number of fused-ring (bicyclic) bond motifs is 1. The molecular weight excluding hydrogens is 322 g/mol. The number of hydrogen-bond acceptors (Lipinski definition) is 4. The second-order valence-corrected chi connectivity index (χ2v) is 6.09. The van der Waals surface area contributed by atoms with Crippen LogP contribution in [0.25, 0.3) is 33.7 Å². The first kappa shape index (κ1) is 16.2. The van der Waals surface area contributed by atoms with Crippen molar-refractivity contribution in [2.45, 2.75) is 13.8 Å². The van der Waals surface area contributed by atoms with E-state index in [0.717, 1.165) is 39.2 Å². The van der Waals surface area contributed by atoms with Crippen LogP contribution in [0.3, 0.4) is 0 Å². The van der Waals surface area contributed by atoms with E-state index in [4.69, 9.17) is 9.72 Å². The van der Waals surface area contributed by atoms with E-state index in [1.54, 1.807) is 0 Å². The smallest absolute Gasteiger partial charge is 0.178 e. The van der Waals surface area contributed by atoms with Crippen LogP contribution in [0.5, 0.6) is 5.75 Å². The minimum Gasteiger partial charge on any atom is -0.493 e. The molecule has 4 heteroatoms. The third-order valence-electron chi connectivity index (χ3n) is 4.18.